The van der Waals surface area contributed by atoms with E-state index in [1.165, 1.54) is 11.3 Å². The van der Waals surface area contributed by atoms with Gasteiger partial charge in [-0.1, -0.05) is 30.3 Å². The van der Waals surface area contributed by atoms with E-state index in [1.54, 1.807) is 19.4 Å². The number of ether oxygens (including phenoxy) is 1. The molecule has 1 amide bonds. The van der Waals surface area contributed by atoms with Gasteiger partial charge in [-0.25, -0.2) is 15.0 Å². The monoisotopic (exact) mass is 428 g/mol. The molecule has 7 heteroatoms. The van der Waals surface area contributed by atoms with Crippen molar-refractivity contribution in [2.45, 2.75) is 6.92 Å². The first-order valence-corrected chi connectivity index (χ1v) is 10.4. The molecule has 154 valence electrons. The first-order chi connectivity index (χ1) is 15.1. The normalized spacial score (nSPS) is 11.2. The van der Waals surface area contributed by atoms with Crippen molar-refractivity contribution in [1.29, 1.82) is 0 Å². The van der Waals surface area contributed by atoms with Crippen molar-refractivity contribution >= 4 is 34.6 Å². The zero-order chi connectivity index (χ0) is 21.6. The molecule has 0 radical (unpaired) electrons. The zero-order valence-corrected chi connectivity index (χ0v) is 17.9. The molecular weight excluding hydrogens is 408 g/mol. The summed E-state index contributed by atoms with van der Waals surface area (Å²) >= 11 is 1.36. The summed E-state index contributed by atoms with van der Waals surface area (Å²) in [5.41, 5.74) is 3.20. The molecule has 2 aromatic carbocycles. The van der Waals surface area contributed by atoms with Crippen LogP contribution in [-0.4, -0.2) is 28.7 Å². The van der Waals surface area contributed by atoms with E-state index in [-0.39, 0.29) is 5.91 Å². The van der Waals surface area contributed by atoms with Crippen LogP contribution in [0.4, 0.5) is 11.6 Å². The topological polar surface area (TPSA) is 76.5 Å². The molecule has 1 N–H and O–H groups in total. The molecule has 0 aliphatic carbocycles. The molecule has 2 aromatic heterocycles. The lowest BCUT2D eigenvalue weighted by molar-refractivity contribution is 0.101. The minimum atomic E-state index is -0.261. The number of anilines is 2. The van der Waals surface area contributed by atoms with Crippen LogP contribution in [0, 0.1) is 0 Å². The highest BCUT2D eigenvalue weighted by molar-refractivity contribution is 7.17. The maximum atomic E-state index is 12.6. The molecule has 31 heavy (non-hydrogen) atoms. The molecule has 0 saturated carbocycles. The molecule has 0 fully saturated rings. The van der Waals surface area contributed by atoms with Gasteiger partial charge in [0.2, 0.25) is 5.95 Å². The molecule has 0 atom stereocenters. The Labute approximate surface area is 184 Å². The van der Waals surface area contributed by atoms with Crippen LogP contribution < -0.4 is 10.1 Å². The van der Waals surface area contributed by atoms with Crippen LogP contribution in [0.15, 0.2) is 84.0 Å². The van der Waals surface area contributed by atoms with Crippen molar-refractivity contribution in [1.82, 2.24) is 9.97 Å². The Hall–Kier alpha value is -3.84. The third kappa shape index (κ3) is 5.02. The number of benzene rings is 2. The van der Waals surface area contributed by atoms with Crippen molar-refractivity contribution in [2.75, 3.05) is 12.4 Å². The van der Waals surface area contributed by atoms with Gasteiger partial charge in [0.15, 0.2) is 0 Å². The number of hydrogen-bond acceptors (Lipinski definition) is 6. The largest absolute Gasteiger partial charge is 0.497 e. The highest BCUT2D eigenvalue weighted by atomic mass is 32.1. The first kappa shape index (κ1) is 20.4. The van der Waals surface area contributed by atoms with E-state index in [2.05, 4.69) is 20.3 Å². The van der Waals surface area contributed by atoms with Gasteiger partial charge >= 0.3 is 0 Å². The molecule has 0 saturated heterocycles. The fourth-order valence-electron chi connectivity index (χ4n) is 2.90. The second-order valence-corrected chi connectivity index (χ2v) is 7.74. The summed E-state index contributed by atoms with van der Waals surface area (Å²) in [5.74, 6) is 0.992. The van der Waals surface area contributed by atoms with Crippen LogP contribution >= 0.6 is 11.3 Å². The highest BCUT2D eigenvalue weighted by Crippen LogP contribution is 2.28. The van der Waals surface area contributed by atoms with E-state index in [0.29, 0.717) is 16.5 Å². The van der Waals surface area contributed by atoms with Gasteiger partial charge in [0, 0.05) is 17.6 Å². The van der Waals surface area contributed by atoms with Crippen molar-refractivity contribution in [3.63, 3.8) is 0 Å². The quantitative estimate of drug-likeness (QED) is 0.404. The van der Waals surface area contributed by atoms with Gasteiger partial charge in [0.1, 0.15) is 5.75 Å². The molecule has 6 nitrogen and oxygen atoms in total. The predicted octanol–water partition coefficient (Wildman–Crippen LogP) is 5.61. The molecular formula is C24H20N4O2S. The average molecular weight is 429 g/mol. The third-order valence-electron chi connectivity index (χ3n) is 4.53. The van der Waals surface area contributed by atoms with E-state index in [4.69, 9.17) is 4.74 Å². The molecule has 0 aliphatic rings. The number of amides is 1. The number of thiophene rings is 1. The lowest BCUT2D eigenvalue weighted by atomic mass is 10.1. The first-order valence-electron chi connectivity index (χ1n) is 9.62. The average Bonchev–Trinajstić information content (AvgIpc) is 3.31. The highest BCUT2D eigenvalue weighted by Gasteiger charge is 2.12. The summed E-state index contributed by atoms with van der Waals surface area (Å²) in [6.45, 7) is 1.84. The fourth-order valence-corrected chi connectivity index (χ4v) is 3.76. The minimum Gasteiger partial charge on any atom is -0.497 e. The van der Waals surface area contributed by atoms with Crippen molar-refractivity contribution in [3.8, 4) is 16.3 Å². The summed E-state index contributed by atoms with van der Waals surface area (Å²) in [6, 6.07) is 22.6. The maximum Gasteiger partial charge on any atom is 0.287 e. The van der Waals surface area contributed by atoms with Gasteiger partial charge in [0.05, 0.1) is 22.6 Å². The Bertz CT molecular complexity index is 1220. The summed E-state index contributed by atoms with van der Waals surface area (Å²) in [5, 5.41) is 3.18. The number of methoxy groups -OCH3 is 1. The van der Waals surface area contributed by atoms with Crippen molar-refractivity contribution in [3.05, 3.63) is 89.4 Å². The lowest BCUT2D eigenvalue weighted by Crippen LogP contribution is -2.00. The van der Waals surface area contributed by atoms with Crippen LogP contribution in [0.3, 0.4) is 0 Å². The second-order valence-electron chi connectivity index (χ2n) is 6.65. The molecule has 2 heterocycles. The van der Waals surface area contributed by atoms with Crippen LogP contribution in [-0.2, 0) is 0 Å². The number of carbonyl (C=O) groups excluding carboxylic acids is 1. The van der Waals surface area contributed by atoms with Gasteiger partial charge in [0.25, 0.3) is 5.91 Å². The lowest BCUT2D eigenvalue weighted by Gasteiger charge is -2.06. The van der Waals surface area contributed by atoms with Gasteiger partial charge in [-0.15, -0.1) is 11.3 Å². The van der Waals surface area contributed by atoms with Gasteiger partial charge in [-0.05, 0) is 55.0 Å². The number of aromatic nitrogens is 2. The Morgan fingerprint density at radius 1 is 1.00 bits per heavy atom. The Balaban J connectivity index is 1.51. The number of nitrogens with zero attached hydrogens (tertiary/aromatic N) is 3. The Morgan fingerprint density at radius 2 is 1.77 bits per heavy atom. The number of nitrogens with one attached hydrogen (secondary N) is 1. The minimum absolute atomic E-state index is 0.261. The van der Waals surface area contributed by atoms with E-state index in [1.807, 2.05) is 73.7 Å². The van der Waals surface area contributed by atoms with Crippen molar-refractivity contribution < 1.29 is 9.53 Å². The summed E-state index contributed by atoms with van der Waals surface area (Å²) in [6.07, 6.45) is 1.69. The summed E-state index contributed by atoms with van der Waals surface area (Å²) in [4.78, 5) is 27.1. The van der Waals surface area contributed by atoms with E-state index < -0.39 is 0 Å². The molecule has 4 rings (SSSR count). The van der Waals surface area contributed by atoms with Crippen LogP contribution in [0.1, 0.15) is 22.2 Å². The van der Waals surface area contributed by atoms with E-state index in [0.717, 1.165) is 27.6 Å². The molecule has 4 aromatic rings. The number of aliphatic imine (C=N–C) groups is 1. The van der Waals surface area contributed by atoms with E-state index in [9.17, 15) is 4.79 Å². The van der Waals surface area contributed by atoms with Gasteiger partial charge in [-0.2, -0.15) is 0 Å². The fraction of sp³-hybridized carbons (Fsp3) is 0.0833. The van der Waals surface area contributed by atoms with Crippen molar-refractivity contribution in [2.24, 2.45) is 4.99 Å². The standard InChI is InChI=1S/C24H20N4O2S/c1-16(17-6-4-3-5-7-17)26-23(29)22-13-12-21(31-22)20-14-15-25-24(28-20)27-18-8-10-19(30-2)11-9-18/h3-15H,1-2H3,(H,25,27,28). The molecule has 0 bridgehead atoms. The maximum absolute atomic E-state index is 12.6. The zero-order valence-electron chi connectivity index (χ0n) is 17.1. The summed E-state index contributed by atoms with van der Waals surface area (Å²) < 4.78 is 5.17. The van der Waals surface area contributed by atoms with Gasteiger partial charge in [-0.3, -0.25) is 4.79 Å². The molecule has 0 unspecified atom stereocenters. The van der Waals surface area contributed by atoms with Crippen LogP contribution in [0.2, 0.25) is 0 Å². The number of hydrogen-bond donors (Lipinski definition) is 1. The van der Waals surface area contributed by atoms with Crippen LogP contribution in [0.25, 0.3) is 10.6 Å². The Kier molecular flexibility index (Phi) is 6.14. The van der Waals surface area contributed by atoms with E-state index >= 15 is 0 Å². The Morgan fingerprint density at radius 3 is 2.52 bits per heavy atom. The second kappa shape index (κ2) is 9.32. The third-order valence-corrected chi connectivity index (χ3v) is 5.63. The molecule has 0 spiro atoms. The van der Waals surface area contributed by atoms with Crippen LogP contribution in [0.5, 0.6) is 5.75 Å². The summed E-state index contributed by atoms with van der Waals surface area (Å²) in [7, 11) is 1.63. The number of rotatable bonds is 6. The number of carbonyl (C=O) groups is 1. The SMILES string of the molecule is COc1ccc(Nc2nccc(-c3ccc(C(=O)N=C(C)c4ccccc4)s3)n2)cc1. The smallest absolute Gasteiger partial charge is 0.287 e. The predicted molar refractivity (Wildman–Crippen MR) is 125 cm³/mol. The van der Waals surface area contributed by atoms with Gasteiger partial charge < -0.3 is 10.1 Å². The molecule has 0 aliphatic heterocycles.